The second kappa shape index (κ2) is 5.83. The minimum absolute atomic E-state index is 0.162. The van der Waals surface area contributed by atoms with Crippen LogP contribution in [0.25, 0.3) is 0 Å². The maximum Gasteiger partial charge on any atom is 0.254 e. The standard InChI is InChI=1S/C16H16N2O3/c19-15-5-2-7-18(15)14-4-1-3-12(9-14)10-17-16(20)13-6-8-21-11-13/h1,3-4,6,8-9,11H,2,5,7,10H2,(H,17,20). The third-order valence-electron chi connectivity index (χ3n) is 3.53. The largest absolute Gasteiger partial charge is 0.472 e. The Morgan fingerprint density at radius 3 is 2.95 bits per heavy atom. The van der Waals surface area contributed by atoms with Crippen LogP contribution in [0.15, 0.2) is 47.3 Å². The molecule has 2 heterocycles. The van der Waals surface area contributed by atoms with E-state index in [4.69, 9.17) is 4.42 Å². The summed E-state index contributed by atoms with van der Waals surface area (Å²) in [4.78, 5) is 25.4. The summed E-state index contributed by atoms with van der Waals surface area (Å²) < 4.78 is 4.88. The van der Waals surface area contributed by atoms with Gasteiger partial charge in [-0.3, -0.25) is 9.59 Å². The van der Waals surface area contributed by atoms with E-state index in [0.29, 0.717) is 18.5 Å². The zero-order valence-electron chi connectivity index (χ0n) is 11.5. The molecule has 0 atom stereocenters. The van der Waals surface area contributed by atoms with Crippen LogP contribution in [-0.2, 0) is 11.3 Å². The summed E-state index contributed by atoms with van der Waals surface area (Å²) in [6.45, 7) is 1.18. The normalized spacial score (nSPS) is 14.5. The number of hydrogen-bond acceptors (Lipinski definition) is 3. The molecule has 0 saturated carbocycles. The van der Waals surface area contributed by atoms with Crippen LogP contribution in [0.4, 0.5) is 5.69 Å². The average Bonchev–Trinajstić information content (AvgIpc) is 3.16. The Labute approximate surface area is 122 Å². The van der Waals surface area contributed by atoms with Crippen molar-refractivity contribution in [1.29, 1.82) is 0 Å². The lowest BCUT2D eigenvalue weighted by Crippen LogP contribution is -2.25. The minimum Gasteiger partial charge on any atom is -0.472 e. The number of rotatable bonds is 4. The first kappa shape index (κ1) is 13.4. The van der Waals surface area contributed by atoms with Gasteiger partial charge in [-0.25, -0.2) is 0 Å². The van der Waals surface area contributed by atoms with Gasteiger partial charge in [0.15, 0.2) is 0 Å². The third kappa shape index (κ3) is 2.97. The van der Waals surface area contributed by atoms with Crippen molar-refractivity contribution in [2.45, 2.75) is 19.4 Å². The smallest absolute Gasteiger partial charge is 0.254 e. The van der Waals surface area contributed by atoms with E-state index in [1.165, 1.54) is 12.5 Å². The number of hydrogen-bond donors (Lipinski definition) is 1. The molecule has 0 spiro atoms. The Balaban J connectivity index is 1.66. The summed E-state index contributed by atoms with van der Waals surface area (Å²) in [5, 5.41) is 2.83. The van der Waals surface area contributed by atoms with Gasteiger partial charge in [-0.1, -0.05) is 12.1 Å². The molecule has 0 aliphatic carbocycles. The van der Waals surface area contributed by atoms with Crippen LogP contribution in [0.1, 0.15) is 28.8 Å². The lowest BCUT2D eigenvalue weighted by molar-refractivity contribution is -0.117. The van der Waals surface area contributed by atoms with Crippen LogP contribution in [0.2, 0.25) is 0 Å². The lowest BCUT2D eigenvalue weighted by atomic mass is 10.2. The van der Waals surface area contributed by atoms with Crippen molar-refractivity contribution >= 4 is 17.5 Å². The molecular weight excluding hydrogens is 268 g/mol. The number of amides is 2. The Hall–Kier alpha value is -2.56. The highest BCUT2D eigenvalue weighted by Gasteiger charge is 2.21. The van der Waals surface area contributed by atoms with Gasteiger partial charge in [0, 0.05) is 25.2 Å². The first-order valence-electron chi connectivity index (χ1n) is 6.94. The number of benzene rings is 1. The number of nitrogens with one attached hydrogen (secondary N) is 1. The summed E-state index contributed by atoms with van der Waals surface area (Å²) in [7, 11) is 0. The van der Waals surface area contributed by atoms with Gasteiger partial charge in [-0.2, -0.15) is 0 Å². The average molecular weight is 284 g/mol. The highest BCUT2D eigenvalue weighted by atomic mass is 16.3. The topological polar surface area (TPSA) is 62.6 Å². The second-order valence-electron chi connectivity index (χ2n) is 5.01. The molecule has 2 aromatic rings. The zero-order valence-corrected chi connectivity index (χ0v) is 11.5. The monoisotopic (exact) mass is 284 g/mol. The van der Waals surface area contributed by atoms with Crippen LogP contribution < -0.4 is 10.2 Å². The molecule has 0 unspecified atom stereocenters. The Morgan fingerprint density at radius 1 is 1.33 bits per heavy atom. The van der Waals surface area contributed by atoms with Gasteiger partial charge in [0.25, 0.3) is 5.91 Å². The van der Waals surface area contributed by atoms with Gasteiger partial charge in [-0.15, -0.1) is 0 Å². The molecule has 1 aliphatic heterocycles. The van der Waals surface area contributed by atoms with E-state index in [0.717, 1.165) is 24.2 Å². The predicted octanol–water partition coefficient (Wildman–Crippen LogP) is 2.34. The molecule has 1 fully saturated rings. The van der Waals surface area contributed by atoms with E-state index in [2.05, 4.69) is 5.32 Å². The Bertz CT molecular complexity index is 649. The highest BCUT2D eigenvalue weighted by Crippen LogP contribution is 2.22. The number of nitrogens with zero attached hydrogens (tertiary/aromatic N) is 1. The van der Waals surface area contributed by atoms with Crippen LogP contribution in [-0.4, -0.2) is 18.4 Å². The summed E-state index contributed by atoms with van der Waals surface area (Å²) in [5.74, 6) is -0.0130. The van der Waals surface area contributed by atoms with Gasteiger partial charge >= 0.3 is 0 Å². The molecule has 21 heavy (non-hydrogen) atoms. The summed E-state index contributed by atoms with van der Waals surface area (Å²) in [6.07, 6.45) is 4.39. The number of carbonyl (C=O) groups is 2. The van der Waals surface area contributed by atoms with E-state index in [9.17, 15) is 9.59 Å². The van der Waals surface area contributed by atoms with Gasteiger partial charge in [0.05, 0.1) is 11.8 Å². The molecule has 1 aromatic carbocycles. The number of furan rings is 1. The summed E-state index contributed by atoms with van der Waals surface area (Å²) >= 11 is 0. The predicted molar refractivity (Wildman–Crippen MR) is 77.9 cm³/mol. The third-order valence-corrected chi connectivity index (χ3v) is 3.53. The van der Waals surface area contributed by atoms with Gasteiger partial charge in [0.2, 0.25) is 5.91 Å². The van der Waals surface area contributed by atoms with E-state index in [1.54, 1.807) is 11.0 Å². The van der Waals surface area contributed by atoms with Crippen LogP contribution >= 0.6 is 0 Å². The molecule has 108 valence electrons. The molecule has 1 aliphatic rings. The zero-order chi connectivity index (χ0) is 14.7. The molecule has 3 rings (SSSR count). The van der Waals surface area contributed by atoms with Crippen LogP contribution in [0, 0.1) is 0 Å². The molecule has 1 saturated heterocycles. The van der Waals surface area contributed by atoms with E-state index < -0.39 is 0 Å². The molecule has 1 aromatic heterocycles. The fourth-order valence-corrected chi connectivity index (χ4v) is 2.43. The summed E-state index contributed by atoms with van der Waals surface area (Å²) in [6, 6.07) is 9.32. The maximum absolute atomic E-state index is 11.8. The fraction of sp³-hybridized carbons (Fsp3) is 0.250. The maximum atomic E-state index is 11.8. The van der Waals surface area contributed by atoms with Crippen molar-refractivity contribution in [3.8, 4) is 0 Å². The van der Waals surface area contributed by atoms with Gasteiger partial charge in [0.1, 0.15) is 6.26 Å². The van der Waals surface area contributed by atoms with Gasteiger partial charge < -0.3 is 14.6 Å². The minimum atomic E-state index is -0.175. The Morgan fingerprint density at radius 2 is 2.24 bits per heavy atom. The van der Waals surface area contributed by atoms with Crippen LogP contribution in [0.3, 0.4) is 0 Å². The van der Waals surface area contributed by atoms with Crippen molar-refractivity contribution in [3.63, 3.8) is 0 Å². The second-order valence-corrected chi connectivity index (χ2v) is 5.01. The van der Waals surface area contributed by atoms with Crippen molar-refractivity contribution in [2.75, 3.05) is 11.4 Å². The lowest BCUT2D eigenvalue weighted by Gasteiger charge is -2.16. The van der Waals surface area contributed by atoms with E-state index in [-0.39, 0.29) is 11.8 Å². The first-order valence-corrected chi connectivity index (χ1v) is 6.94. The molecule has 0 bridgehead atoms. The van der Waals surface area contributed by atoms with Gasteiger partial charge in [-0.05, 0) is 30.2 Å². The molecule has 5 heteroatoms. The van der Waals surface area contributed by atoms with E-state index in [1.807, 2.05) is 24.3 Å². The summed E-state index contributed by atoms with van der Waals surface area (Å²) in [5.41, 5.74) is 2.36. The molecule has 5 nitrogen and oxygen atoms in total. The van der Waals surface area contributed by atoms with Crippen molar-refractivity contribution in [3.05, 3.63) is 54.0 Å². The quantitative estimate of drug-likeness (QED) is 0.937. The molecule has 1 N–H and O–H groups in total. The van der Waals surface area contributed by atoms with E-state index >= 15 is 0 Å². The fourth-order valence-electron chi connectivity index (χ4n) is 2.43. The number of anilines is 1. The Kier molecular flexibility index (Phi) is 3.73. The van der Waals surface area contributed by atoms with Crippen LogP contribution in [0.5, 0.6) is 0 Å². The SMILES string of the molecule is O=C(NCc1cccc(N2CCCC2=O)c1)c1ccoc1. The van der Waals surface area contributed by atoms with Crippen molar-refractivity contribution in [2.24, 2.45) is 0 Å². The number of carbonyl (C=O) groups excluding carboxylic acids is 2. The highest BCUT2D eigenvalue weighted by molar-refractivity contribution is 5.95. The molecule has 2 amide bonds. The van der Waals surface area contributed by atoms with Crippen molar-refractivity contribution < 1.29 is 14.0 Å². The first-order chi connectivity index (χ1) is 10.2. The van der Waals surface area contributed by atoms with Crippen molar-refractivity contribution in [1.82, 2.24) is 5.32 Å². The molecular formula is C16H16N2O3. The molecule has 0 radical (unpaired) electrons.